The fourth-order valence-electron chi connectivity index (χ4n) is 5.31. The van der Waals surface area contributed by atoms with Crippen LogP contribution in [0, 0.1) is 5.92 Å². The predicted octanol–water partition coefficient (Wildman–Crippen LogP) is -2.26. The van der Waals surface area contributed by atoms with Gasteiger partial charge >= 0.3 is 0 Å². The second kappa shape index (κ2) is 10.9. The van der Waals surface area contributed by atoms with E-state index in [0.29, 0.717) is 25.3 Å². The van der Waals surface area contributed by atoms with Gasteiger partial charge in [0.15, 0.2) is 0 Å². The van der Waals surface area contributed by atoms with Crippen LogP contribution in [0.5, 0.6) is 0 Å². The first-order valence-electron chi connectivity index (χ1n) is 11.7. The van der Waals surface area contributed by atoms with Crippen molar-refractivity contribution in [3.05, 3.63) is 0 Å². The Balaban J connectivity index is 1.19. The minimum Gasteiger partial charge on any atom is -0.387 e. The molecule has 0 radical (unpaired) electrons. The first-order chi connectivity index (χ1) is 14.9. The largest absolute Gasteiger partial charge is 0.387 e. The molecule has 3 heterocycles. The van der Waals surface area contributed by atoms with Crippen LogP contribution in [0.25, 0.3) is 0 Å². The number of fused-ring (bicyclic) bond motifs is 1. The van der Waals surface area contributed by atoms with Gasteiger partial charge in [-0.25, -0.2) is 4.90 Å². The van der Waals surface area contributed by atoms with Gasteiger partial charge in [0.1, 0.15) is 24.5 Å². The van der Waals surface area contributed by atoms with Crippen molar-refractivity contribution in [2.45, 2.75) is 74.0 Å². The average Bonchev–Trinajstić information content (AvgIpc) is 3.30. The van der Waals surface area contributed by atoms with E-state index in [0.717, 1.165) is 38.4 Å². The Morgan fingerprint density at radius 2 is 1.94 bits per heavy atom. The molecule has 0 spiro atoms. The monoisotopic (exact) mass is 461 g/mol. The van der Waals surface area contributed by atoms with Crippen molar-refractivity contribution in [1.82, 2.24) is 31.1 Å². The summed E-state index contributed by atoms with van der Waals surface area (Å²) in [5, 5.41) is 35.1. The molecule has 4 rings (SSSR count). The number of aliphatic hydroxyl groups is 2. The normalized spacial score (nSPS) is 44.1. The molecule has 1 aliphatic carbocycles. The van der Waals surface area contributed by atoms with Crippen molar-refractivity contribution in [2.75, 3.05) is 46.6 Å². The summed E-state index contributed by atoms with van der Waals surface area (Å²) >= 11 is 6.18. The maximum Gasteiger partial charge on any atom is 0.142 e. The molecule has 7 atom stereocenters. The summed E-state index contributed by atoms with van der Waals surface area (Å²) < 4.78 is 6.15. The molecule has 180 valence electrons. The molecule has 4 fully saturated rings. The van der Waals surface area contributed by atoms with Crippen LogP contribution in [0.2, 0.25) is 0 Å². The number of hydrogen-bond acceptors (Lipinski definition) is 10. The number of likely N-dealkylation sites (N-methyl/N-ethyl adjacent to an activating group) is 1. The summed E-state index contributed by atoms with van der Waals surface area (Å²) in [5.74, 6) is 0.728. The third kappa shape index (κ3) is 5.70. The van der Waals surface area contributed by atoms with E-state index in [1.807, 2.05) is 11.9 Å². The molecule has 0 aromatic carbocycles. The summed E-state index contributed by atoms with van der Waals surface area (Å²) in [6, 6.07) is 0.0222. The first kappa shape index (κ1) is 24.0. The Morgan fingerprint density at radius 3 is 2.71 bits per heavy atom. The van der Waals surface area contributed by atoms with E-state index < -0.39 is 24.5 Å². The van der Waals surface area contributed by atoms with E-state index in [2.05, 4.69) is 26.2 Å². The number of nitrogens with two attached hydrogens (primary N) is 1. The van der Waals surface area contributed by atoms with Gasteiger partial charge in [0, 0.05) is 31.7 Å². The van der Waals surface area contributed by atoms with E-state index in [9.17, 15) is 10.2 Å². The fourth-order valence-corrected chi connectivity index (χ4v) is 5.56. The van der Waals surface area contributed by atoms with Gasteiger partial charge < -0.3 is 30.9 Å². The van der Waals surface area contributed by atoms with E-state index in [4.69, 9.17) is 22.1 Å². The van der Waals surface area contributed by atoms with Crippen LogP contribution in [0.3, 0.4) is 0 Å². The maximum absolute atomic E-state index is 10.7. The highest BCUT2D eigenvalue weighted by Crippen LogP contribution is 2.29. The van der Waals surface area contributed by atoms with Crippen LogP contribution < -0.4 is 27.0 Å². The molecule has 3 unspecified atom stereocenters. The first-order valence-corrected chi connectivity index (χ1v) is 12.1. The zero-order chi connectivity index (χ0) is 22.0. The third-order valence-electron chi connectivity index (χ3n) is 7.28. The number of alkyl halides is 1. The van der Waals surface area contributed by atoms with Crippen molar-refractivity contribution in [1.29, 1.82) is 0 Å². The lowest BCUT2D eigenvalue weighted by Crippen LogP contribution is -2.68. The fraction of sp³-hybridized carbons (Fsp3) is 1.00. The highest BCUT2D eigenvalue weighted by molar-refractivity contribution is 6.20. The molecule has 8 N–H and O–H groups in total. The Kier molecular flexibility index (Phi) is 8.43. The van der Waals surface area contributed by atoms with Crippen molar-refractivity contribution < 1.29 is 14.9 Å². The lowest BCUT2D eigenvalue weighted by molar-refractivity contribution is -0.106. The SMILES string of the molecule is CN(CCNCC1CCC(Cl)CC1)C[C@H]1O[C@@H](N2CNC3C(N)NCNC32)[C@H](O)[C@@H]1O. The standard InChI is InChI=1S/C20H40ClN7O3/c1-27(7-6-23-8-12-2-4-13(21)5-3-12)9-14-16(29)17(30)20(31-14)28-11-26-15-18(22)24-10-25-19(15)28/h12-20,23-26,29-30H,2-11,22H2,1H3/t12?,13?,14-,15?,16-,17-,18?,19?,20-/m1/s1. The highest BCUT2D eigenvalue weighted by Gasteiger charge is 2.51. The van der Waals surface area contributed by atoms with E-state index >= 15 is 0 Å². The molecule has 10 nitrogen and oxygen atoms in total. The van der Waals surface area contributed by atoms with Gasteiger partial charge in [-0.3, -0.25) is 16.0 Å². The number of ether oxygens (including phenoxy) is 1. The van der Waals surface area contributed by atoms with Crippen LogP contribution >= 0.6 is 11.6 Å². The minimum absolute atomic E-state index is 0.0222. The molecule has 0 amide bonds. The molecule has 31 heavy (non-hydrogen) atoms. The Labute approximate surface area is 190 Å². The number of nitrogens with zero attached hydrogens (tertiary/aromatic N) is 2. The maximum atomic E-state index is 10.7. The van der Waals surface area contributed by atoms with Gasteiger partial charge in [0.25, 0.3) is 0 Å². The molecule has 0 bridgehead atoms. The summed E-state index contributed by atoms with van der Waals surface area (Å²) in [5.41, 5.74) is 6.14. The second-order valence-electron chi connectivity index (χ2n) is 9.59. The van der Waals surface area contributed by atoms with E-state index in [-0.39, 0.29) is 18.4 Å². The van der Waals surface area contributed by atoms with E-state index in [1.165, 1.54) is 12.8 Å². The summed E-state index contributed by atoms with van der Waals surface area (Å²) in [4.78, 5) is 4.17. The van der Waals surface area contributed by atoms with Gasteiger partial charge in [0.05, 0.1) is 25.0 Å². The minimum atomic E-state index is -0.956. The number of hydrogen-bond donors (Lipinski definition) is 7. The van der Waals surface area contributed by atoms with Crippen LogP contribution in [-0.4, -0.2) is 115 Å². The van der Waals surface area contributed by atoms with Crippen molar-refractivity contribution >= 4 is 11.6 Å². The van der Waals surface area contributed by atoms with Gasteiger partial charge in [-0.15, -0.1) is 11.6 Å². The molecule has 4 aliphatic rings. The van der Waals surface area contributed by atoms with Gasteiger partial charge in [-0.1, -0.05) is 0 Å². The van der Waals surface area contributed by atoms with Crippen molar-refractivity contribution in [3.8, 4) is 0 Å². The quantitative estimate of drug-likeness (QED) is 0.157. The molecule has 0 aromatic heterocycles. The Hall–Kier alpha value is -0.110. The van der Waals surface area contributed by atoms with E-state index in [1.54, 1.807) is 0 Å². The second-order valence-corrected chi connectivity index (χ2v) is 10.2. The summed E-state index contributed by atoms with van der Waals surface area (Å²) in [6.45, 7) is 4.49. The Bertz CT molecular complexity index is 571. The molecule has 0 aromatic rings. The smallest absolute Gasteiger partial charge is 0.142 e. The average molecular weight is 462 g/mol. The lowest BCUT2D eigenvalue weighted by Gasteiger charge is -2.38. The number of halogens is 1. The van der Waals surface area contributed by atoms with Crippen molar-refractivity contribution in [3.63, 3.8) is 0 Å². The summed E-state index contributed by atoms with van der Waals surface area (Å²) in [7, 11) is 2.02. The molecule has 3 saturated heterocycles. The van der Waals surface area contributed by atoms with Gasteiger partial charge in [-0.05, 0) is 45.2 Å². The summed E-state index contributed by atoms with van der Waals surface area (Å²) in [6.07, 6.45) is 1.59. The predicted molar refractivity (Wildman–Crippen MR) is 119 cm³/mol. The molecule has 3 aliphatic heterocycles. The zero-order valence-corrected chi connectivity index (χ0v) is 19.2. The highest BCUT2D eigenvalue weighted by atomic mass is 35.5. The number of nitrogens with one attached hydrogen (secondary N) is 4. The zero-order valence-electron chi connectivity index (χ0n) is 18.4. The van der Waals surface area contributed by atoms with Crippen molar-refractivity contribution in [2.24, 2.45) is 11.7 Å². The van der Waals surface area contributed by atoms with Crippen LogP contribution in [0.4, 0.5) is 0 Å². The molecule has 11 heteroatoms. The number of aliphatic hydroxyl groups excluding tert-OH is 2. The van der Waals surface area contributed by atoms with Crippen LogP contribution in [-0.2, 0) is 4.74 Å². The Morgan fingerprint density at radius 1 is 1.16 bits per heavy atom. The topological polar surface area (TPSA) is 130 Å². The molecular formula is C20H40ClN7O3. The van der Waals surface area contributed by atoms with Crippen LogP contribution in [0.1, 0.15) is 25.7 Å². The third-order valence-corrected chi connectivity index (χ3v) is 7.71. The number of rotatable bonds is 8. The molecule has 1 saturated carbocycles. The van der Waals surface area contributed by atoms with Gasteiger partial charge in [-0.2, -0.15) is 0 Å². The van der Waals surface area contributed by atoms with Crippen LogP contribution in [0.15, 0.2) is 0 Å². The van der Waals surface area contributed by atoms with Gasteiger partial charge in [0.2, 0.25) is 0 Å². The molecular weight excluding hydrogens is 422 g/mol. The lowest BCUT2D eigenvalue weighted by atomic mass is 9.89.